The Morgan fingerprint density at radius 2 is 2.13 bits per heavy atom. The third kappa shape index (κ3) is 1.92. The van der Waals surface area contributed by atoms with Crippen molar-refractivity contribution in [1.82, 2.24) is 4.98 Å². The molecule has 78 valence electrons. The molecule has 2 rings (SSSR count). The van der Waals surface area contributed by atoms with Crippen LogP contribution in [0.25, 0.3) is 10.9 Å². The molecule has 0 aliphatic carbocycles. The first-order valence-corrected chi connectivity index (χ1v) is 6.06. The molecule has 0 bridgehead atoms. The Balaban J connectivity index is 2.74. The predicted octanol–water partition coefficient (Wildman–Crippen LogP) is 4.05. The van der Waals surface area contributed by atoms with E-state index < -0.39 is 0 Å². The molecule has 1 heterocycles. The monoisotopic (exact) mass is 305 g/mol. The van der Waals surface area contributed by atoms with Crippen molar-refractivity contribution in [2.45, 2.75) is 0 Å². The van der Waals surface area contributed by atoms with E-state index in [9.17, 15) is 4.79 Å². The fraction of sp³-hybridized carbons (Fsp3) is 0.100. The van der Waals surface area contributed by atoms with Crippen molar-refractivity contribution in [3.8, 4) is 0 Å². The number of rotatable bonds is 2. The van der Waals surface area contributed by atoms with Crippen LogP contribution in [0.1, 0.15) is 10.4 Å². The maximum Gasteiger partial charge on any atom is 0.175 e. The van der Waals surface area contributed by atoms with E-state index in [1.807, 2.05) is 0 Å². The van der Waals surface area contributed by atoms with E-state index >= 15 is 0 Å². The molecule has 1 N–H and O–H groups in total. The molecule has 5 heteroatoms. The molecule has 2 aromatic rings. The second-order valence-electron chi connectivity index (χ2n) is 3.07. The summed E-state index contributed by atoms with van der Waals surface area (Å²) in [6, 6.07) is 3.37. The summed E-state index contributed by atoms with van der Waals surface area (Å²) < 4.78 is 0. The van der Waals surface area contributed by atoms with Gasteiger partial charge in [-0.3, -0.25) is 4.79 Å². The second-order valence-corrected chi connectivity index (χ2v) is 4.47. The zero-order valence-electron chi connectivity index (χ0n) is 7.48. The molecular formula is C10H6BrCl2NO. The number of hydrogen-bond acceptors (Lipinski definition) is 1. The van der Waals surface area contributed by atoms with Crippen LogP contribution in [0.4, 0.5) is 0 Å². The van der Waals surface area contributed by atoms with Gasteiger partial charge in [0, 0.05) is 27.7 Å². The lowest BCUT2D eigenvalue weighted by atomic mass is 10.1. The number of ketones is 1. The van der Waals surface area contributed by atoms with E-state index in [1.165, 1.54) is 0 Å². The highest BCUT2D eigenvalue weighted by molar-refractivity contribution is 9.09. The summed E-state index contributed by atoms with van der Waals surface area (Å²) in [4.78, 5) is 14.5. The number of Topliss-reactive ketones (excluding diaryl/α,β-unsaturated/α-hetero) is 1. The lowest BCUT2D eigenvalue weighted by Crippen LogP contribution is -1.98. The molecule has 0 amide bonds. The van der Waals surface area contributed by atoms with Crippen molar-refractivity contribution in [2.75, 3.05) is 5.33 Å². The van der Waals surface area contributed by atoms with Gasteiger partial charge in [-0.15, -0.1) is 0 Å². The van der Waals surface area contributed by atoms with Crippen LogP contribution in [0.2, 0.25) is 10.0 Å². The Labute approximate surface area is 105 Å². The van der Waals surface area contributed by atoms with Gasteiger partial charge in [-0.2, -0.15) is 0 Å². The first kappa shape index (κ1) is 11.0. The third-order valence-electron chi connectivity index (χ3n) is 2.12. The second kappa shape index (κ2) is 4.16. The Hall–Kier alpha value is -0.510. The van der Waals surface area contributed by atoms with Gasteiger partial charge in [0.2, 0.25) is 0 Å². The van der Waals surface area contributed by atoms with Gasteiger partial charge in [-0.05, 0) is 12.1 Å². The van der Waals surface area contributed by atoms with E-state index in [2.05, 4.69) is 20.9 Å². The van der Waals surface area contributed by atoms with Gasteiger partial charge in [0.05, 0.1) is 10.4 Å². The Bertz CT molecular complexity index is 535. The van der Waals surface area contributed by atoms with Gasteiger partial charge >= 0.3 is 0 Å². The van der Waals surface area contributed by atoms with Gasteiger partial charge in [-0.25, -0.2) is 0 Å². The maximum absolute atomic E-state index is 11.6. The van der Waals surface area contributed by atoms with Crippen LogP contribution in [-0.4, -0.2) is 16.1 Å². The number of fused-ring (bicyclic) bond motifs is 1. The number of carbonyl (C=O) groups is 1. The summed E-state index contributed by atoms with van der Waals surface area (Å²) in [5, 5.41) is 2.04. The van der Waals surface area contributed by atoms with Crippen LogP contribution >= 0.6 is 39.1 Å². The number of aromatic nitrogens is 1. The molecule has 0 saturated carbocycles. The number of H-pyrrole nitrogens is 1. The van der Waals surface area contributed by atoms with E-state index in [4.69, 9.17) is 23.2 Å². The zero-order chi connectivity index (χ0) is 11.0. The van der Waals surface area contributed by atoms with Gasteiger partial charge in [0.15, 0.2) is 5.78 Å². The molecule has 0 saturated heterocycles. The molecule has 2 nitrogen and oxygen atoms in total. The number of halogens is 3. The third-order valence-corrected chi connectivity index (χ3v) is 3.14. The molecule has 1 aromatic heterocycles. The molecular weight excluding hydrogens is 301 g/mol. The van der Waals surface area contributed by atoms with E-state index in [-0.39, 0.29) is 11.1 Å². The van der Waals surface area contributed by atoms with Crippen molar-refractivity contribution < 1.29 is 4.79 Å². The minimum absolute atomic E-state index is 0.00882. The highest BCUT2D eigenvalue weighted by Crippen LogP contribution is 2.30. The highest BCUT2D eigenvalue weighted by Gasteiger charge is 2.13. The maximum atomic E-state index is 11.6. The average molecular weight is 307 g/mol. The Kier molecular flexibility index (Phi) is 3.05. The number of alkyl halides is 1. The SMILES string of the molecule is O=C(CBr)c1c[nH]c2cc(Cl)cc(Cl)c12. The summed E-state index contributed by atoms with van der Waals surface area (Å²) in [7, 11) is 0. The fourth-order valence-electron chi connectivity index (χ4n) is 1.48. The molecule has 0 aliphatic rings. The van der Waals surface area contributed by atoms with Crippen LogP contribution in [0.5, 0.6) is 0 Å². The fourth-order valence-corrected chi connectivity index (χ4v) is 2.37. The van der Waals surface area contributed by atoms with Gasteiger partial charge in [0.25, 0.3) is 0 Å². The molecule has 0 aliphatic heterocycles. The van der Waals surface area contributed by atoms with E-state index in [0.29, 0.717) is 15.6 Å². The van der Waals surface area contributed by atoms with Crippen molar-refractivity contribution in [1.29, 1.82) is 0 Å². The Morgan fingerprint density at radius 3 is 2.80 bits per heavy atom. The van der Waals surface area contributed by atoms with Crippen molar-refractivity contribution in [3.05, 3.63) is 33.9 Å². The van der Waals surface area contributed by atoms with Crippen LogP contribution in [0.3, 0.4) is 0 Å². The molecule has 0 fully saturated rings. The molecule has 15 heavy (non-hydrogen) atoms. The largest absolute Gasteiger partial charge is 0.360 e. The minimum Gasteiger partial charge on any atom is -0.360 e. The number of hydrogen-bond donors (Lipinski definition) is 1. The van der Waals surface area contributed by atoms with Crippen molar-refractivity contribution in [2.24, 2.45) is 0 Å². The molecule has 1 aromatic carbocycles. The number of carbonyl (C=O) groups excluding carboxylic acids is 1. The number of benzene rings is 1. The first-order chi connectivity index (χ1) is 7.13. The lowest BCUT2D eigenvalue weighted by molar-refractivity contribution is 0.102. The first-order valence-electron chi connectivity index (χ1n) is 4.18. The minimum atomic E-state index is -0.00882. The van der Waals surface area contributed by atoms with Crippen molar-refractivity contribution in [3.63, 3.8) is 0 Å². The highest BCUT2D eigenvalue weighted by atomic mass is 79.9. The summed E-state index contributed by atoms with van der Waals surface area (Å²) in [5.74, 6) is -0.00882. The predicted molar refractivity (Wildman–Crippen MR) is 66.4 cm³/mol. The van der Waals surface area contributed by atoms with E-state index in [0.717, 1.165) is 10.9 Å². The van der Waals surface area contributed by atoms with Crippen LogP contribution < -0.4 is 0 Å². The smallest absolute Gasteiger partial charge is 0.175 e. The molecule has 0 radical (unpaired) electrons. The van der Waals surface area contributed by atoms with Gasteiger partial charge in [0.1, 0.15) is 0 Å². The summed E-state index contributed by atoms with van der Waals surface area (Å²) in [5.41, 5.74) is 1.36. The van der Waals surface area contributed by atoms with E-state index in [1.54, 1.807) is 18.3 Å². The average Bonchev–Trinajstić information content (AvgIpc) is 2.60. The molecule has 0 unspecified atom stereocenters. The quantitative estimate of drug-likeness (QED) is 0.659. The number of nitrogens with one attached hydrogen (secondary N) is 1. The van der Waals surface area contributed by atoms with Crippen LogP contribution in [0.15, 0.2) is 18.3 Å². The summed E-state index contributed by atoms with van der Waals surface area (Å²) in [6.45, 7) is 0. The normalized spacial score (nSPS) is 10.9. The van der Waals surface area contributed by atoms with Crippen molar-refractivity contribution >= 4 is 55.8 Å². The lowest BCUT2D eigenvalue weighted by Gasteiger charge is -1.98. The zero-order valence-corrected chi connectivity index (χ0v) is 10.6. The topological polar surface area (TPSA) is 32.9 Å². The van der Waals surface area contributed by atoms with Crippen LogP contribution in [-0.2, 0) is 0 Å². The Morgan fingerprint density at radius 1 is 1.40 bits per heavy atom. The number of aromatic amines is 1. The van der Waals surface area contributed by atoms with Crippen LogP contribution in [0, 0.1) is 0 Å². The summed E-state index contributed by atoms with van der Waals surface area (Å²) in [6.07, 6.45) is 1.65. The summed E-state index contributed by atoms with van der Waals surface area (Å²) >= 11 is 15.0. The standard InChI is InChI=1S/C10H6BrCl2NO/c11-3-9(15)6-4-14-8-2-5(12)1-7(13)10(6)8/h1-2,4,14H,3H2. The molecule has 0 atom stereocenters. The van der Waals surface area contributed by atoms with Gasteiger partial charge < -0.3 is 4.98 Å². The molecule has 0 spiro atoms. The van der Waals surface area contributed by atoms with Gasteiger partial charge in [-0.1, -0.05) is 39.1 Å².